The number of ketones is 2. The molecule has 0 aliphatic heterocycles. The predicted octanol–water partition coefficient (Wildman–Crippen LogP) is 6.68. The number of methoxy groups -OCH3 is 3. The Balaban J connectivity index is 0. The van der Waals surface area contributed by atoms with Gasteiger partial charge >= 0.3 is 23.1 Å². The number of nitrogens with one attached hydrogen (secondary N) is 3. The van der Waals surface area contributed by atoms with Gasteiger partial charge in [0.05, 0.1) is 38.4 Å². The molecule has 4 heterocycles. The molecule has 0 saturated heterocycles. The summed E-state index contributed by atoms with van der Waals surface area (Å²) in [6.45, 7) is 6.18. The second-order valence-electron chi connectivity index (χ2n) is 14.0. The number of anilines is 3. The molecule has 378 valence electrons. The summed E-state index contributed by atoms with van der Waals surface area (Å²) in [7, 11) is 4.93. The minimum absolute atomic E-state index is 0. The van der Waals surface area contributed by atoms with Gasteiger partial charge in [0.1, 0.15) is 40.8 Å². The molecule has 3 aromatic carbocycles. The average molecular weight is 1020 g/mol. The number of aromatic nitrogens is 4. The van der Waals surface area contributed by atoms with Gasteiger partial charge in [-0.05, 0) is 102 Å². The number of nitrogens with two attached hydrogens (primary N) is 1. The van der Waals surface area contributed by atoms with E-state index in [0.717, 1.165) is 45.3 Å². The fraction of sp³-hybridized carbons (Fsp3) is 0.185. The number of carbonyl (C=O) groups excluding carboxylic acids is 3. The van der Waals surface area contributed by atoms with Gasteiger partial charge in [-0.15, -0.1) is 0 Å². The van der Waals surface area contributed by atoms with Gasteiger partial charge in [0.2, 0.25) is 5.91 Å². The van der Waals surface area contributed by atoms with Gasteiger partial charge in [0.25, 0.3) is 0 Å². The molecule has 7 rings (SSSR count). The van der Waals surface area contributed by atoms with E-state index in [2.05, 4.69) is 42.0 Å². The van der Waals surface area contributed by atoms with Crippen LogP contribution in [-0.4, -0.2) is 81.8 Å². The Morgan fingerprint density at radius 3 is 1.29 bits per heavy atom. The standard InChI is InChI=1S/C15H16N2O2.C14H13N3O.C9H10N2O2.C8H11NO.C6H3FN2.CH4.CH3.ClH.Mg/c1-11(18)15-14(4-3-9-16-15)17-10-12-5-7-13(19-2)8-6-12;1-18-12-6-4-11(5-7-12)10-17-13-3-2-8-16-14(13)9-15;1-6(12)9-8(11-7(2)13)4-3-5-10-9;1-10-8-4-2-7(6-9)3-5-8;7-5-2-1-3-9-6(5)4-8;;;;/h3-9,17H,10H2,1-2H3;2-8,17H,10H2,1H3;3-5H,1-2H3,(H,11,13);2-5H,6,9H2,1H3;1-3H;1H4;1H3;1H;/q;;;;;;-1;;+2/p-1. The number of hydrogen-bond donors (Lipinski definition) is 4. The molecule has 16 nitrogen and oxygen atoms in total. The fourth-order valence-electron chi connectivity index (χ4n) is 5.55. The van der Waals surface area contributed by atoms with Gasteiger partial charge in [-0.2, -0.15) is 10.5 Å². The van der Waals surface area contributed by atoms with Crippen LogP contribution in [0.4, 0.5) is 21.5 Å². The smallest absolute Gasteiger partial charge is 1.00 e. The molecule has 7 aromatic rings. The van der Waals surface area contributed by atoms with E-state index in [1.54, 1.807) is 58.0 Å². The number of carbonyl (C=O) groups is 3. The van der Waals surface area contributed by atoms with Crippen molar-refractivity contribution in [1.82, 2.24) is 19.9 Å². The van der Waals surface area contributed by atoms with Crippen molar-refractivity contribution in [3.05, 3.63) is 199 Å². The van der Waals surface area contributed by atoms with Gasteiger partial charge in [-0.25, -0.2) is 14.4 Å². The third-order valence-electron chi connectivity index (χ3n) is 9.05. The summed E-state index contributed by atoms with van der Waals surface area (Å²) < 4.78 is 27.5. The van der Waals surface area contributed by atoms with Crippen LogP contribution in [0.25, 0.3) is 0 Å². The summed E-state index contributed by atoms with van der Waals surface area (Å²) in [5.41, 5.74) is 11.7. The Morgan fingerprint density at radius 1 is 0.562 bits per heavy atom. The molecule has 0 atom stereocenters. The maximum absolute atomic E-state index is 12.3. The van der Waals surface area contributed by atoms with E-state index in [0.29, 0.717) is 36.7 Å². The average Bonchev–Trinajstić information content (AvgIpc) is 3.38. The molecule has 0 radical (unpaired) electrons. The molecule has 0 aliphatic carbocycles. The Kier molecular flexibility index (Phi) is 34.7. The number of nitriles is 2. The van der Waals surface area contributed by atoms with E-state index in [1.807, 2.05) is 91.0 Å². The first-order valence-electron chi connectivity index (χ1n) is 21.0. The van der Waals surface area contributed by atoms with Crippen LogP contribution in [0.15, 0.2) is 146 Å². The molecule has 5 N–H and O–H groups in total. The van der Waals surface area contributed by atoms with Crippen LogP contribution < -0.4 is 48.3 Å². The van der Waals surface area contributed by atoms with Crippen molar-refractivity contribution in [2.45, 2.75) is 47.8 Å². The van der Waals surface area contributed by atoms with Crippen LogP contribution in [0.3, 0.4) is 0 Å². The van der Waals surface area contributed by atoms with Gasteiger partial charge in [-0.3, -0.25) is 24.4 Å². The molecule has 4 aromatic heterocycles. The van der Waals surface area contributed by atoms with Gasteiger partial charge in [-0.1, -0.05) is 43.8 Å². The molecule has 1 amide bonds. The van der Waals surface area contributed by atoms with E-state index in [1.165, 1.54) is 45.3 Å². The number of ether oxygens (including phenoxy) is 3. The predicted molar refractivity (Wildman–Crippen MR) is 281 cm³/mol. The zero-order chi connectivity index (χ0) is 50.4. The van der Waals surface area contributed by atoms with Crippen LogP contribution in [-0.2, 0) is 24.4 Å². The number of rotatable bonds is 13. The Hall–Kier alpha value is -8.00. The van der Waals surface area contributed by atoms with Crippen LogP contribution >= 0.6 is 0 Å². The first kappa shape index (κ1) is 67.1. The summed E-state index contributed by atoms with van der Waals surface area (Å²) in [5.74, 6) is 1.54. The van der Waals surface area contributed by atoms with Crippen LogP contribution in [0.2, 0.25) is 0 Å². The molecule has 19 heteroatoms. The third kappa shape index (κ3) is 24.6. The third-order valence-corrected chi connectivity index (χ3v) is 9.05. The molecular weight excluding hydrogens is 963 g/mol. The second kappa shape index (κ2) is 37.8. The summed E-state index contributed by atoms with van der Waals surface area (Å²) in [5, 5.41) is 26.0. The zero-order valence-electron chi connectivity index (χ0n) is 41.2. The van der Waals surface area contributed by atoms with Crippen LogP contribution in [0.5, 0.6) is 17.2 Å². The van der Waals surface area contributed by atoms with Crippen molar-refractivity contribution in [2.75, 3.05) is 37.3 Å². The summed E-state index contributed by atoms with van der Waals surface area (Å²) >= 11 is 0. The Morgan fingerprint density at radius 2 is 0.918 bits per heavy atom. The monoisotopic (exact) mass is 1020 g/mol. The largest absolute Gasteiger partial charge is 2.00 e. The van der Waals surface area contributed by atoms with E-state index in [4.69, 9.17) is 30.5 Å². The molecule has 0 aliphatic rings. The van der Waals surface area contributed by atoms with E-state index < -0.39 is 5.82 Å². The summed E-state index contributed by atoms with van der Waals surface area (Å²) in [6, 6.07) is 40.2. The summed E-state index contributed by atoms with van der Waals surface area (Å²) in [6.07, 6.45) is 6.12. The number of benzene rings is 3. The molecule has 0 saturated carbocycles. The molecule has 0 unspecified atom stereocenters. The second-order valence-corrected chi connectivity index (χ2v) is 14.0. The normalized spacial score (nSPS) is 8.96. The van der Waals surface area contributed by atoms with Crippen molar-refractivity contribution >= 4 is 57.6 Å². The first-order valence-corrected chi connectivity index (χ1v) is 21.0. The van der Waals surface area contributed by atoms with Crippen molar-refractivity contribution in [1.29, 1.82) is 10.5 Å². The molecular formula is C54H60ClFMgN10O6. The minimum atomic E-state index is -0.569. The van der Waals surface area contributed by atoms with Gasteiger partial charge in [0, 0.05) is 65.2 Å². The Labute approximate surface area is 450 Å². The maximum Gasteiger partial charge on any atom is 2.00 e. The SMILES string of the molecule is C.CC(=O)Nc1cccnc1C(C)=O.COc1ccc(CN)cc1.COc1ccc(CNc2cccnc2C#N)cc1.COc1ccc(CNc2cccnc2C(C)=O)cc1.N#Cc1ncccc1F.[CH3-].[Cl-].[Mg+2]. The van der Waals surface area contributed by atoms with Gasteiger partial charge < -0.3 is 55.7 Å². The number of hydrogen-bond acceptors (Lipinski definition) is 15. The quantitative estimate of drug-likeness (QED) is 0.0535. The topological polar surface area (TPSA) is 240 Å². The number of halogens is 2. The zero-order valence-corrected chi connectivity index (χ0v) is 43.3. The minimum Gasteiger partial charge on any atom is -1.00 e. The van der Waals surface area contributed by atoms with Gasteiger partial charge in [0.15, 0.2) is 28.8 Å². The number of nitrogens with zero attached hydrogens (tertiary/aromatic N) is 6. The molecule has 0 spiro atoms. The molecule has 73 heavy (non-hydrogen) atoms. The van der Waals surface area contributed by atoms with E-state index in [-0.39, 0.29) is 79.2 Å². The maximum atomic E-state index is 12.3. The first-order chi connectivity index (χ1) is 33.3. The van der Waals surface area contributed by atoms with E-state index >= 15 is 0 Å². The number of pyridine rings is 4. The number of Topliss-reactive ketones (excluding diaryl/α,β-unsaturated/α-hetero) is 2. The molecule has 0 bridgehead atoms. The van der Waals surface area contributed by atoms with Crippen molar-refractivity contribution < 1.29 is 45.4 Å². The van der Waals surface area contributed by atoms with E-state index in [9.17, 15) is 18.8 Å². The van der Waals surface area contributed by atoms with Crippen molar-refractivity contribution in [2.24, 2.45) is 5.73 Å². The van der Waals surface area contributed by atoms with Crippen molar-refractivity contribution in [3.8, 4) is 29.4 Å². The van der Waals surface area contributed by atoms with Crippen LogP contribution in [0.1, 0.15) is 77.3 Å². The van der Waals surface area contributed by atoms with Crippen molar-refractivity contribution in [3.63, 3.8) is 0 Å². The fourth-order valence-corrected chi connectivity index (χ4v) is 5.55. The molecule has 0 fully saturated rings. The van der Waals surface area contributed by atoms with Crippen LogP contribution in [0, 0.1) is 35.9 Å². The summed E-state index contributed by atoms with van der Waals surface area (Å²) in [4.78, 5) is 48.6. The number of amides is 1. The Bertz CT molecular complexity index is 2770.